The number of alkyl halides is 1. The Hall–Kier alpha value is 1.06. The molecule has 0 radical (unpaired) electrons. The zero-order chi connectivity index (χ0) is 12.6. The Morgan fingerprint density at radius 1 is 0.556 bits per heavy atom. The van der Waals surface area contributed by atoms with E-state index >= 15 is 0 Å². The Morgan fingerprint density at radius 2 is 0.833 bits per heavy atom. The average Bonchev–Trinajstić information content (AvgIpc) is 2.35. The van der Waals surface area contributed by atoms with Crippen LogP contribution in [0.15, 0.2) is 0 Å². The third-order valence-corrected chi connectivity index (χ3v) is 3.75. The SMILES string of the molecule is CCCCCCCCCCCCCCCCCl.[H-].[H-].[Mg+2]. The van der Waals surface area contributed by atoms with E-state index in [1.54, 1.807) is 0 Å². The maximum Gasteiger partial charge on any atom is 2.00 e. The van der Waals surface area contributed by atoms with Crippen molar-refractivity contribution in [2.24, 2.45) is 0 Å². The minimum absolute atomic E-state index is 0. The van der Waals surface area contributed by atoms with Crippen LogP contribution in [0.2, 0.25) is 0 Å². The predicted octanol–water partition coefficient (Wildman–Crippen LogP) is 6.55. The van der Waals surface area contributed by atoms with Crippen LogP contribution >= 0.6 is 11.6 Å². The van der Waals surface area contributed by atoms with E-state index in [4.69, 9.17) is 11.6 Å². The van der Waals surface area contributed by atoms with Gasteiger partial charge in [0.2, 0.25) is 0 Å². The van der Waals surface area contributed by atoms with Crippen molar-refractivity contribution in [1.29, 1.82) is 0 Å². The molecule has 0 nitrogen and oxygen atoms in total. The third kappa shape index (κ3) is 19.4. The van der Waals surface area contributed by atoms with Gasteiger partial charge in [0.25, 0.3) is 0 Å². The van der Waals surface area contributed by atoms with Gasteiger partial charge >= 0.3 is 23.1 Å². The number of rotatable bonds is 14. The van der Waals surface area contributed by atoms with Gasteiger partial charge in [-0.25, -0.2) is 0 Å². The van der Waals surface area contributed by atoms with Gasteiger partial charge in [0.05, 0.1) is 0 Å². The smallest absolute Gasteiger partial charge is 1.00 e. The van der Waals surface area contributed by atoms with Gasteiger partial charge in [0, 0.05) is 5.88 Å². The molecule has 0 aliphatic heterocycles. The number of hydrogen-bond acceptors (Lipinski definition) is 0. The molecule has 0 saturated carbocycles. The van der Waals surface area contributed by atoms with E-state index in [1.165, 1.54) is 89.9 Å². The Bertz CT molecular complexity index is 124. The van der Waals surface area contributed by atoms with Crippen molar-refractivity contribution in [3.8, 4) is 0 Å². The summed E-state index contributed by atoms with van der Waals surface area (Å²) in [5.74, 6) is 0.845. The van der Waals surface area contributed by atoms with Crippen LogP contribution in [0.3, 0.4) is 0 Å². The van der Waals surface area contributed by atoms with Crippen molar-refractivity contribution in [3.05, 3.63) is 0 Å². The van der Waals surface area contributed by atoms with Gasteiger partial charge in [0.15, 0.2) is 0 Å². The second-order valence-corrected chi connectivity index (χ2v) is 5.66. The summed E-state index contributed by atoms with van der Waals surface area (Å²) in [6.07, 6.45) is 19.8. The molecule has 0 saturated heterocycles. The summed E-state index contributed by atoms with van der Waals surface area (Å²) in [7, 11) is 0. The van der Waals surface area contributed by atoms with Crippen LogP contribution in [0, 0.1) is 0 Å². The summed E-state index contributed by atoms with van der Waals surface area (Å²) in [6, 6.07) is 0. The van der Waals surface area contributed by atoms with E-state index < -0.39 is 0 Å². The molecule has 0 aromatic rings. The number of halogens is 1. The first kappa shape index (κ1) is 21.4. The van der Waals surface area contributed by atoms with Gasteiger partial charge in [-0.05, 0) is 6.42 Å². The maximum atomic E-state index is 5.64. The fourth-order valence-corrected chi connectivity index (χ4v) is 2.48. The van der Waals surface area contributed by atoms with Crippen LogP contribution in [0.25, 0.3) is 0 Å². The molecule has 0 heterocycles. The van der Waals surface area contributed by atoms with E-state index in [0.29, 0.717) is 0 Å². The molecular formula is C16H35ClMg. The second kappa shape index (κ2) is 20.4. The summed E-state index contributed by atoms with van der Waals surface area (Å²) in [5.41, 5.74) is 0. The summed E-state index contributed by atoms with van der Waals surface area (Å²) in [5, 5.41) is 0. The molecule has 0 spiro atoms. The van der Waals surface area contributed by atoms with Gasteiger partial charge < -0.3 is 2.85 Å². The minimum Gasteiger partial charge on any atom is -1.00 e. The molecule has 0 unspecified atom stereocenters. The quantitative estimate of drug-likeness (QED) is 0.193. The molecule has 0 rings (SSSR count). The predicted molar refractivity (Wildman–Crippen MR) is 89.0 cm³/mol. The summed E-state index contributed by atoms with van der Waals surface area (Å²) in [6.45, 7) is 2.28. The number of unbranched alkanes of at least 4 members (excludes halogenated alkanes) is 13. The van der Waals surface area contributed by atoms with Crippen LogP contribution in [0.4, 0.5) is 0 Å². The second-order valence-electron chi connectivity index (χ2n) is 5.29. The Labute approximate surface area is 140 Å². The Balaban J connectivity index is -0.000000427. The van der Waals surface area contributed by atoms with Crippen molar-refractivity contribution in [2.75, 3.05) is 5.88 Å². The van der Waals surface area contributed by atoms with Crippen LogP contribution in [0.5, 0.6) is 0 Å². The van der Waals surface area contributed by atoms with Gasteiger partial charge in [0.1, 0.15) is 0 Å². The monoisotopic (exact) mass is 286 g/mol. The van der Waals surface area contributed by atoms with Crippen LogP contribution in [-0.4, -0.2) is 28.9 Å². The zero-order valence-electron chi connectivity index (χ0n) is 14.7. The Morgan fingerprint density at radius 3 is 1.11 bits per heavy atom. The normalized spacial score (nSPS) is 10.3. The van der Waals surface area contributed by atoms with Gasteiger partial charge in [-0.2, -0.15) is 0 Å². The van der Waals surface area contributed by atoms with Gasteiger partial charge in [-0.15, -0.1) is 11.6 Å². The fraction of sp³-hybridized carbons (Fsp3) is 1.00. The molecule has 0 bridgehead atoms. The Kier molecular flexibility index (Phi) is 24.2. The standard InChI is InChI=1S/C16H33Cl.Mg.2H/c1-2-3-4-5-6-7-8-9-10-11-12-13-14-15-16-17;;;/h2-16H2,1H3;;;/q;+2;2*-1. The van der Waals surface area contributed by atoms with E-state index in [9.17, 15) is 0 Å². The van der Waals surface area contributed by atoms with Crippen LogP contribution < -0.4 is 0 Å². The van der Waals surface area contributed by atoms with Crippen LogP contribution in [0.1, 0.15) is 99.7 Å². The minimum atomic E-state index is 0. The topological polar surface area (TPSA) is 0 Å². The molecule has 0 aliphatic carbocycles. The van der Waals surface area contributed by atoms with E-state index in [-0.39, 0.29) is 25.9 Å². The molecule has 0 aliphatic rings. The first-order chi connectivity index (χ1) is 8.41. The van der Waals surface area contributed by atoms with E-state index in [0.717, 1.165) is 5.88 Å². The van der Waals surface area contributed by atoms with E-state index in [1.807, 2.05) is 0 Å². The number of hydrogen-bond donors (Lipinski definition) is 0. The van der Waals surface area contributed by atoms with Gasteiger partial charge in [-0.1, -0.05) is 90.4 Å². The maximum absolute atomic E-state index is 5.64. The molecular weight excluding hydrogens is 252 g/mol. The zero-order valence-corrected chi connectivity index (χ0v) is 14.9. The summed E-state index contributed by atoms with van der Waals surface area (Å²) >= 11 is 5.64. The molecule has 0 amide bonds. The molecule has 108 valence electrons. The molecule has 0 fully saturated rings. The van der Waals surface area contributed by atoms with Crippen molar-refractivity contribution in [2.45, 2.75) is 96.8 Å². The third-order valence-electron chi connectivity index (χ3n) is 3.49. The van der Waals surface area contributed by atoms with Gasteiger partial charge in [-0.3, -0.25) is 0 Å². The molecule has 2 heteroatoms. The fourth-order valence-electron chi connectivity index (χ4n) is 2.29. The largest absolute Gasteiger partial charge is 2.00 e. The van der Waals surface area contributed by atoms with Crippen molar-refractivity contribution < 1.29 is 2.85 Å². The average molecular weight is 287 g/mol. The van der Waals surface area contributed by atoms with Crippen molar-refractivity contribution in [1.82, 2.24) is 0 Å². The first-order valence-corrected chi connectivity index (χ1v) is 8.51. The van der Waals surface area contributed by atoms with Crippen molar-refractivity contribution >= 4 is 34.7 Å². The molecule has 18 heavy (non-hydrogen) atoms. The van der Waals surface area contributed by atoms with E-state index in [2.05, 4.69) is 6.92 Å². The molecule has 0 aromatic heterocycles. The summed E-state index contributed by atoms with van der Waals surface area (Å²) in [4.78, 5) is 0. The van der Waals surface area contributed by atoms with Crippen molar-refractivity contribution in [3.63, 3.8) is 0 Å². The van der Waals surface area contributed by atoms with Crippen LogP contribution in [-0.2, 0) is 0 Å². The summed E-state index contributed by atoms with van der Waals surface area (Å²) < 4.78 is 0. The molecule has 0 aromatic carbocycles. The first-order valence-electron chi connectivity index (χ1n) is 7.97. The molecule has 0 atom stereocenters. The molecule has 0 N–H and O–H groups in total.